The second kappa shape index (κ2) is 7.52. The van der Waals surface area contributed by atoms with Crippen molar-refractivity contribution < 1.29 is 24.4 Å². The molecule has 0 aromatic heterocycles. The summed E-state index contributed by atoms with van der Waals surface area (Å²) in [6.07, 6.45) is 2.41. The number of nitrogens with one attached hydrogen (secondary N) is 1. The zero-order chi connectivity index (χ0) is 13.6. The molecule has 0 radical (unpaired) electrons. The lowest BCUT2D eigenvalue weighted by Gasteiger charge is -2.22. The van der Waals surface area contributed by atoms with Gasteiger partial charge >= 0.3 is 0 Å². The molecule has 3 N–H and O–H groups in total. The zero-order valence-electron chi connectivity index (χ0n) is 11.3. The maximum Gasteiger partial charge on any atom is 0.102 e. The van der Waals surface area contributed by atoms with E-state index in [1.165, 1.54) is 0 Å². The molecule has 0 aromatic carbocycles. The highest BCUT2D eigenvalue weighted by molar-refractivity contribution is 4.85. The molecule has 3 unspecified atom stereocenters. The molecule has 0 spiro atoms. The molecule has 2 saturated heterocycles. The summed E-state index contributed by atoms with van der Waals surface area (Å²) >= 11 is 0. The van der Waals surface area contributed by atoms with E-state index in [1.807, 2.05) is 0 Å². The lowest BCUT2D eigenvalue weighted by atomic mass is 10.0. The molecule has 2 aliphatic rings. The number of rotatable bonds is 8. The molecule has 2 fully saturated rings. The molecule has 6 nitrogen and oxygen atoms in total. The molecular formula is C13H25NO5. The van der Waals surface area contributed by atoms with Crippen molar-refractivity contribution in [2.45, 2.75) is 37.1 Å². The van der Waals surface area contributed by atoms with Crippen molar-refractivity contribution in [1.82, 2.24) is 5.32 Å². The van der Waals surface area contributed by atoms with E-state index in [0.717, 1.165) is 19.4 Å². The average Bonchev–Trinajstić information content (AvgIpc) is 3.01. The number of hydrogen-bond donors (Lipinski definition) is 3. The third-order valence-corrected chi connectivity index (χ3v) is 3.55. The van der Waals surface area contributed by atoms with Crippen LogP contribution < -0.4 is 5.32 Å². The van der Waals surface area contributed by atoms with Crippen LogP contribution in [-0.2, 0) is 14.2 Å². The fraction of sp³-hybridized carbons (Fsp3) is 1.00. The minimum Gasteiger partial charge on any atom is -0.389 e. The minimum atomic E-state index is -0.779. The highest BCUT2D eigenvalue weighted by Crippen LogP contribution is 2.16. The van der Waals surface area contributed by atoms with Crippen LogP contribution in [0.2, 0.25) is 0 Å². The van der Waals surface area contributed by atoms with E-state index in [2.05, 4.69) is 5.32 Å². The Morgan fingerprint density at radius 1 is 1.42 bits per heavy atom. The molecule has 0 saturated carbocycles. The zero-order valence-corrected chi connectivity index (χ0v) is 11.3. The second-order valence-corrected chi connectivity index (χ2v) is 5.48. The van der Waals surface area contributed by atoms with Gasteiger partial charge in [-0.05, 0) is 12.8 Å². The SMILES string of the molecule is OC(CNCC1(O)CCOC1)COCC1CCCO1. The van der Waals surface area contributed by atoms with E-state index >= 15 is 0 Å². The van der Waals surface area contributed by atoms with Crippen LogP contribution >= 0.6 is 0 Å². The van der Waals surface area contributed by atoms with Crippen molar-refractivity contribution in [3.05, 3.63) is 0 Å². The van der Waals surface area contributed by atoms with Crippen LogP contribution in [0.4, 0.5) is 0 Å². The monoisotopic (exact) mass is 275 g/mol. The minimum absolute atomic E-state index is 0.191. The number of aliphatic hydroxyl groups excluding tert-OH is 1. The molecule has 0 aromatic rings. The fourth-order valence-corrected chi connectivity index (χ4v) is 2.38. The van der Waals surface area contributed by atoms with Crippen molar-refractivity contribution in [3.63, 3.8) is 0 Å². The predicted octanol–water partition coefficient (Wildman–Crippen LogP) is -0.716. The smallest absolute Gasteiger partial charge is 0.102 e. The van der Waals surface area contributed by atoms with Gasteiger partial charge in [-0.2, -0.15) is 0 Å². The van der Waals surface area contributed by atoms with E-state index in [0.29, 0.717) is 45.9 Å². The van der Waals surface area contributed by atoms with Crippen LogP contribution in [0.1, 0.15) is 19.3 Å². The first-order valence-electron chi connectivity index (χ1n) is 7.06. The maximum absolute atomic E-state index is 10.0. The van der Waals surface area contributed by atoms with Crippen molar-refractivity contribution in [2.24, 2.45) is 0 Å². The molecule has 6 heteroatoms. The fourth-order valence-electron chi connectivity index (χ4n) is 2.38. The third kappa shape index (κ3) is 5.33. The first kappa shape index (κ1) is 15.2. The lowest BCUT2D eigenvalue weighted by molar-refractivity contribution is -0.0191. The summed E-state index contributed by atoms with van der Waals surface area (Å²) in [5, 5.41) is 22.8. The summed E-state index contributed by atoms with van der Waals surface area (Å²) in [6, 6.07) is 0. The molecule has 0 amide bonds. The summed E-state index contributed by atoms with van der Waals surface area (Å²) < 4.78 is 16.0. The number of ether oxygens (including phenoxy) is 3. The van der Waals surface area contributed by atoms with E-state index in [9.17, 15) is 10.2 Å². The van der Waals surface area contributed by atoms with Crippen molar-refractivity contribution in [2.75, 3.05) is 46.1 Å². The highest BCUT2D eigenvalue weighted by Gasteiger charge is 2.31. The highest BCUT2D eigenvalue weighted by atomic mass is 16.5. The molecule has 112 valence electrons. The first-order valence-corrected chi connectivity index (χ1v) is 7.06. The molecular weight excluding hydrogens is 250 g/mol. The van der Waals surface area contributed by atoms with E-state index in [4.69, 9.17) is 14.2 Å². The van der Waals surface area contributed by atoms with Crippen LogP contribution in [0.3, 0.4) is 0 Å². The van der Waals surface area contributed by atoms with Gasteiger partial charge in [-0.25, -0.2) is 0 Å². The Morgan fingerprint density at radius 2 is 2.32 bits per heavy atom. The Kier molecular flexibility index (Phi) is 6.00. The molecule has 3 atom stereocenters. The normalized spacial score (nSPS) is 32.8. The Labute approximate surface area is 114 Å². The molecule has 2 aliphatic heterocycles. The van der Waals surface area contributed by atoms with Crippen LogP contribution in [0, 0.1) is 0 Å². The van der Waals surface area contributed by atoms with Gasteiger partial charge in [-0.3, -0.25) is 0 Å². The Bertz CT molecular complexity index is 251. The van der Waals surface area contributed by atoms with Crippen LogP contribution in [0.15, 0.2) is 0 Å². The first-order chi connectivity index (χ1) is 9.18. The quantitative estimate of drug-likeness (QED) is 0.543. The summed E-state index contributed by atoms with van der Waals surface area (Å²) in [5.74, 6) is 0. The van der Waals surface area contributed by atoms with Gasteiger partial charge in [0.2, 0.25) is 0 Å². The Balaban J connectivity index is 1.48. The average molecular weight is 275 g/mol. The van der Waals surface area contributed by atoms with E-state index in [-0.39, 0.29) is 6.10 Å². The number of hydrogen-bond acceptors (Lipinski definition) is 6. The van der Waals surface area contributed by atoms with Gasteiger partial charge in [-0.1, -0.05) is 0 Å². The Hall–Kier alpha value is -0.240. The Morgan fingerprint density at radius 3 is 3.00 bits per heavy atom. The molecule has 0 aliphatic carbocycles. The van der Waals surface area contributed by atoms with E-state index < -0.39 is 11.7 Å². The predicted molar refractivity (Wildman–Crippen MR) is 69.1 cm³/mol. The number of aliphatic hydroxyl groups is 2. The summed E-state index contributed by atoms with van der Waals surface area (Å²) in [6.45, 7) is 3.48. The molecule has 2 heterocycles. The van der Waals surface area contributed by atoms with Crippen LogP contribution in [0.5, 0.6) is 0 Å². The summed E-state index contributed by atoms with van der Waals surface area (Å²) in [5.41, 5.74) is -0.779. The second-order valence-electron chi connectivity index (χ2n) is 5.48. The molecule has 19 heavy (non-hydrogen) atoms. The summed E-state index contributed by atoms with van der Waals surface area (Å²) in [4.78, 5) is 0. The van der Waals surface area contributed by atoms with Gasteiger partial charge in [0.05, 0.1) is 32.0 Å². The van der Waals surface area contributed by atoms with E-state index in [1.54, 1.807) is 0 Å². The van der Waals surface area contributed by atoms with Gasteiger partial charge in [0.15, 0.2) is 0 Å². The van der Waals surface area contributed by atoms with Gasteiger partial charge in [0.25, 0.3) is 0 Å². The van der Waals surface area contributed by atoms with Gasteiger partial charge < -0.3 is 29.7 Å². The van der Waals surface area contributed by atoms with Crippen LogP contribution in [-0.4, -0.2) is 74.1 Å². The largest absolute Gasteiger partial charge is 0.389 e. The maximum atomic E-state index is 10.0. The topological polar surface area (TPSA) is 80.2 Å². The molecule has 0 bridgehead atoms. The summed E-state index contributed by atoms with van der Waals surface area (Å²) in [7, 11) is 0. The van der Waals surface area contributed by atoms with Crippen LogP contribution in [0.25, 0.3) is 0 Å². The van der Waals surface area contributed by atoms with Crippen molar-refractivity contribution >= 4 is 0 Å². The van der Waals surface area contributed by atoms with Crippen molar-refractivity contribution in [1.29, 1.82) is 0 Å². The van der Waals surface area contributed by atoms with Crippen molar-refractivity contribution in [3.8, 4) is 0 Å². The van der Waals surface area contributed by atoms with Gasteiger partial charge in [0, 0.05) is 32.7 Å². The standard InChI is InChI=1S/C13H25NO5/c15-11(7-18-8-12-2-1-4-19-12)6-14-9-13(16)3-5-17-10-13/h11-12,14-16H,1-10H2. The van der Waals surface area contributed by atoms with Gasteiger partial charge in [-0.15, -0.1) is 0 Å². The lowest BCUT2D eigenvalue weighted by Crippen LogP contribution is -2.44. The van der Waals surface area contributed by atoms with Gasteiger partial charge in [0.1, 0.15) is 5.60 Å². The third-order valence-electron chi connectivity index (χ3n) is 3.55. The molecule has 2 rings (SSSR count).